The van der Waals surface area contributed by atoms with Gasteiger partial charge in [-0.3, -0.25) is 0 Å². The van der Waals surface area contributed by atoms with Crippen LogP contribution in [0.25, 0.3) is 0 Å². The molecular weight excluding hydrogens is 285 g/mol. The maximum atomic E-state index is 13.2. The zero-order valence-electron chi connectivity index (χ0n) is 9.21. The zero-order chi connectivity index (χ0) is 12.4. The lowest BCUT2D eigenvalue weighted by Crippen LogP contribution is -1.95. The van der Waals surface area contributed by atoms with Crippen LogP contribution in [0.4, 0.5) is 10.1 Å². The number of benzene rings is 2. The van der Waals surface area contributed by atoms with Crippen molar-refractivity contribution in [3.8, 4) is 11.5 Å². The summed E-state index contributed by atoms with van der Waals surface area (Å²) in [6, 6.07) is 10.3. The fraction of sp³-hybridized carbons (Fsp3) is 0.0769. The molecule has 2 nitrogen and oxygen atoms in total. The molecule has 0 atom stereocenters. The third kappa shape index (κ3) is 2.58. The summed E-state index contributed by atoms with van der Waals surface area (Å²) in [4.78, 5) is 0. The van der Waals surface area contributed by atoms with E-state index >= 15 is 0 Å². The number of nitrogens with two attached hydrogens (primary N) is 1. The normalized spacial score (nSPS) is 10.3. The van der Waals surface area contributed by atoms with Crippen LogP contribution in [0.3, 0.4) is 0 Å². The Morgan fingerprint density at radius 3 is 2.59 bits per heavy atom. The Hall–Kier alpha value is -1.55. The van der Waals surface area contributed by atoms with Crippen LogP contribution < -0.4 is 10.5 Å². The van der Waals surface area contributed by atoms with Crippen molar-refractivity contribution in [2.75, 3.05) is 5.73 Å². The topological polar surface area (TPSA) is 35.2 Å². The fourth-order valence-electron chi connectivity index (χ4n) is 1.40. The fourth-order valence-corrected chi connectivity index (χ4v) is 1.77. The predicted molar refractivity (Wildman–Crippen MR) is 69.8 cm³/mol. The number of anilines is 1. The molecule has 0 bridgehead atoms. The van der Waals surface area contributed by atoms with Crippen molar-refractivity contribution < 1.29 is 9.13 Å². The van der Waals surface area contributed by atoms with E-state index in [1.54, 1.807) is 13.0 Å². The van der Waals surface area contributed by atoms with Crippen molar-refractivity contribution in [1.29, 1.82) is 0 Å². The largest absolute Gasteiger partial charge is 0.454 e. The first kappa shape index (κ1) is 11.9. The molecule has 0 aliphatic heterocycles. The molecule has 0 radical (unpaired) electrons. The molecule has 0 amide bonds. The number of halogens is 2. The molecule has 4 heteroatoms. The molecular formula is C13H11BrFNO. The van der Waals surface area contributed by atoms with Crippen LogP contribution in [0, 0.1) is 12.7 Å². The summed E-state index contributed by atoms with van der Waals surface area (Å²) in [7, 11) is 0. The highest BCUT2D eigenvalue weighted by Gasteiger charge is 2.08. The highest BCUT2D eigenvalue weighted by Crippen LogP contribution is 2.33. The van der Waals surface area contributed by atoms with Gasteiger partial charge < -0.3 is 10.5 Å². The first-order chi connectivity index (χ1) is 8.08. The van der Waals surface area contributed by atoms with E-state index in [0.29, 0.717) is 17.1 Å². The molecule has 2 N–H and O–H groups in total. The predicted octanol–water partition coefficient (Wildman–Crippen LogP) is 4.27. The minimum Gasteiger partial charge on any atom is -0.454 e. The van der Waals surface area contributed by atoms with Gasteiger partial charge in [-0.15, -0.1) is 0 Å². The Morgan fingerprint density at radius 1 is 1.18 bits per heavy atom. The molecule has 0 fully saturated rings. The lowest BCUT2D eigenvalue weighted by Gasteiger charge is -2.11. The first-order valence-electron chi connectivity index (χ1n) is 5.06. The van der Waals surface area contributed by atoms with Crippen molar-refractivity contribution in [1.82, 2.24) is 0 Å². The number of rotatable bonds is 2. The van der Waals surface area contributed by atoms with Gasteiger partial charge in [0.15, 0.2) is 5.75 Å². The van der Waals surface area contributed by atoms with Crippen LogP contribution in [-0.4, -0.2) is 0 Å². The molecule has 0 heterocycles. The van der Waals surface area contributed by atoms with Crippen molar-refractivity contribution in [3.63, 3.8) is 0 Å². The quantitative estimate of drug-likeness (QED) is 0.840. The van der Waals surface area contributed by atoms with Gasteiger partial charge >= 0.3 is 0 Å². The van der Waals surface area contributed by atoms with Gasteiger partial charge in [0, 0.05) is 6.07 Å². The van der Waals surface area contributed by atoms with E-state index in [2.05, 4.69) is 15.9 Å². The van der Waals surface area contributed by atoms with Crippen LogP contribution in [0.2, 0.25) is 0 Å². The molecule has 17 heavy (non-hydrogen) atoms. The molecule has 88 valence electrons. The molecule has 0 aromatic heterocycles. The lowest BCUT2D eigenvalue weighted by molar-refractivity contribution is 0.479. The monoisotopic (exact) mass is 295 g/mol. The van der Waals surface area contributed by atoms with Gasteiger partial charge in [-0.1, -0.05) is 12.1 Å². The Kier molecular flexibility index (Phi) is 3.33. The Balaban J connectivity index is 2.37. The third-order valence-electron chi connectivity index (χ3n) is 2.35. The number of para-hydroxylation sites is 1. The zero-order valence-corrected chi connectivity index (χ0v) is 10.8. The number of aryl methyl sites for hydroxylation is 1. The lowest BCUT2D eigenvalue weighted by atomic mass is 10.2. The average Bonchev–Trinajstić information content (AvgIpc) is 2.29. The van der Waals surface area contributed by atoms with E-state index in [-0.39, 0.29) is 11.5 Å². The van der Waals surface area contributed by atoms with Gasteiger partial charge in [0.25, 0.3) is 0 Å². The van der Waals surface area contributed by atoms with Gasteiger partial charge in [-0.25, -0.2) is 4.39 Å². The van der Waals surface area contributed by atoms with E-state index in [9.17, 15) is 4.39 Å². The minimum absolute atomic E-state index is 0.281. The molecule has 0 saturated carbocycles. The van der Waals surface area contributed by atoms with Gasteiger partial charge in [-0.05, 0) is 46.6 Å². The smallest absolute Gasteiger partial charge is 0.150 e. The molecule has 0 aliphatic carbocycles. The maximum Gasteiger partial charge on any atom is 0.150 e. The second-order valence-corrected chi connectivity index (χ2v) is 4.53. The van der Waals surface area contributed by atoms with E-state index < -0.39 is 0 Å². The molecule has 0 spiro atoms. The second-order valence-electron chi connectivity index (χ2n) is 3.67. The summed E-state index contributed by atoms with van der Waals surface area (Å²) >= 11 is 3.37. The van der Waals surface area contributed by atoms with Crippen molar-refractivity contribution in [2.45, 2.75) is 6.92 Å². The summed E-state index contributed by atoms with van der Waals surface area (Å²) in [6.07, 6.45) is 0. The van der Waals surface area contributed by atoms with E-state index in [4.69, 9.17) is 10.5 Å². The molecule has 0 saturated heterocycles. The van der Waals surface area contributed by atoms with Gasteiger partial charge in [0.05, 0.1) is 10.2 Å². The van der Waals surface area contributed by atoms with Crippen LogP contribution in [0.1, 0.15) is 5.56 Å². The Bertz CT molecular complexity index is 557. The Morgan fingerprint density at radius 2 is 1.88 bits per heavy atom. The number of hydrogen-bond acceptors (Lipinski definition) is 2. The minimum atomic E-state index is -0.332. The molecule has 2 aromatic rings. The van der Waals surface area contributed by atoms with Crippen LogP contribution in [-0.2, 0) is 0 Å². The maximum absolute atomic E-state index is 13.2. The van der Waals surface area contributed by atoms with Crippen LogP contribution in [0.15, 0.2) is 40.9 Å². The van der Waals surface area contributed by atoms with E-state index in [0.717, 1.165) is 4.47 Å². The molecule has 2 aromatic carbocycles. The molecule has 0 unspecified atom stereocenters. The van der Waals surface area contributed by atoms with Crippen LogP contribution >= 0.6 is 15.9 Å². The highest BCUT2D eigenvalue weighted by atomic mass is 79.9. The second kappa shape index (κ2) is 4.75. The highest BCUT2D eigenvalue weighted by molar-refractivity contribution is 9.10. The van der Waals surface area contributed by atoms with Crippen molar-refractivity contribution >= 4 is 21.6 Å². The summed E-state index contributed by atoms with van der Waals surface area (Å²) in [5.41, 5.74) is 6.49. The summed E-state index contributed by atoms with van der Waals surface area (Å²) in [6.45, 7) is 1.67. The van der Waals surface area contributed by atoms with Crippen molar-refractivity contribution in [2.24, 2.45) is 0 Å². The van der Waals surface area contributed by atoms with Gasteiger partial charge in [0.1, 0.15) is 11.6 Å². The standard InChI is InChI=1S/C13H11BrFNO/c1-8-6-13(11(16)7-10(8)15)17-12-5-3-2-4-9(12)14/h2-7H,16H2,1H3. The SMILES string of the molecule is Cc1cc(Oc2ccccc2Br)c(N)cc1F. The average molecular weight is 296 g/mol. The van der Waals surface area contributed by atoms with Crippen molar-refractivity contribution in [3.05, 3.63) is 52.3 Å². The van der Waals surface area contributed by atoms with E-state index in [1.807, 2.05) is 24.3 Å². The molecule has 2 rings (SSSR count). The first-order valence-corrected chi connectivity index (χ1v) is 5.85. The Labute approximate surface area is 107 Å². The number of nitrogen functional groups attached to an aromatic ring is 1. The van der Waals surface area contributed by atoms with Gasteiger partial charge in [0.2, 0.25) is 0 Å². The van der Waals surface area contributed by atoms with E-state index in [1.165, 1.54) is 6.07 Å². The summed E-state index contributed by atoms with van der Waals surface area (Å²) < 4.78 is 19.7. The van der Waals surface area contributed by atoms with Crippen LogP contribution in [0.5, 0.6) is 11.5 Å². The number of hydrogen-bond donors (Lipinski definition) is 1. The number of ether oxygens (including phenoxy) is 1. The summed E-state index contributed by atoms with van der Waals surface area (Å²) in [5.74, 6) is 0.767. The van der Waals surface area contributed by atoms with Gasteiger partial charge in [-0.2, -0.15) is 0 Å². The molecule has 0 aliphatic rings. The summed E-state index contributed by atoms with van der Waals surface area (Å²) in [5, 5.41) is 0. The third-order valence-corrected chi connectivity index (χ3v) is 3.00.